The van der Waals surface area contributed by atoms with E-state index in [0.717, 1.165) is 11.3 Å². The van der Waals surface area contributed by atoms with Crippen molar-refractivity contribution in [1.82, 2.24) is 0 Å². The van der Waals surface area contributed by atoms with Gasteiger partial charge in [0.25, 0.3) is 0 Å². The number of terminal acetylenes is 2. The summed E-state index contributed by atoms with van der Waals surface area (Å²) in [4.78, 5) is 1.91. The molecule has 1 N–H and O–H groups in total. The molecule has 0 amide bonds. The zero-order chi connectivity index (χ0) is 11.3. The lowest BCUT2D eigenvalue weighted by Crippen LogP contribution is -2.24. The van der Waals surface area contributed by atoms with Gasteiger partial charge in [0.15, 0.2) is 0 Å². The van der Waals surface area contributed by atoms with E-state index in [-0.39, 0.29) is 5.75 Å². The van der Waals surface area contributed by atoms with Gasteiger partial charge in [0.1, 0.15) is 5.75 Å². The van der Waals surface area contributed by atoms with Crippen LogP contribution in [0.5, 0.6) is 5.75 Å². The maximum atomic E-state index is 9.28. The Labute approximate surface area is 90.5 Å². The molecule has 0 saturated carbocycles. The van der Waals surface area contributed by atoms with E-state index in [0.29, 0.717) is 13.1 Å². The lowest BCUT2D eigenvalue weighted by Gasteiger charge is -2.21. The highest BCUT2D eigenvalue weighted by atomic mass is 16.3. The van der Waals surface area contributed by atoms with Gasteiger partial charge in [0.05, 0.1) is 13.1 Å². The smallest absolute Gasteiger partial charge is 0.115 e. The number of hydrogen-bond acceptors (Lipinski definition) is 2. The molecule has 76 valence electrons. The van der Waals surface area contributed by atoms with Gasteiger partial charge in [-0.2, -0.15) is 0 Å². The van der Waals surface area contributed by atoms with Crippen molar-refractivity contribution in [2.75, 3.05) is 18.0 Å². The molecule has 0 aliphatic rings. The molecule has 0 heterocycles. The van der Waals surface area contributed by atoms with E-state index in [1.54, 1.807) is 12.1 Å². The van der Waals surface area contributed by atoms with E-state index in [9.17, 15) is 5.11 Å². The van der Waals surface area contributed by atoms with Gasteiger partial charge in [-0.25, -0.2) is 0 Å². The summed E-state index contributed by atoms with van der Waals surface area (Å²) < 4.78 is 0. The summed E-state index contributed by atoms with van der Waals surface area (Å²) in [5, 5.41) is 9.28. The summed E-state index contributed by atoms with van der Waals surface area (Å²) in [6.07, 6.45) is 10.5. The SMILES string of the molecule is C#CCN(CC#C)c1ccc(O)cc1C. The van der Waals surface area contributed by atoms with Gasteiger partial charge >= 0.3 is 0 Å². The Morgan fingerprint density at radius 3 is 2.33 bits per heavy atom. The van der Waals surface area contributed by atoms with Crippen LogP contribution in [0.1, 0.15) is 5.56 Å². The Morgan fingerprint density at radius 2 is 1.87 bits per heavy atom. The number of rotatable bonds is 3. The van der Waals surface area contributed by atoms with Crippen LogP contribution in [0, 0.1) is 31.6 Å². The molecule has 1 rings (SSSR count). The first-order chi connectivity index (χ1) is 7.19. The van der Waals surface area contributed by atoms with Crippen LogP contribution in [0.3, 0.4) is 0 Å². The van der Waals surface area contributed by atoms with Crippen LogP contribution in [0.2, 0.25) is 0 Å². The summed E-state index contributed by atoms with van der Waals surface area (Å²) in [6.45, 7) is 2.85. The lowest BCUT2D eigenvalue weighted by molar-refractivity contribution is 0.475. The molecule has 0 aromatic heterocycles. The van der Waals surface area contributed by atoms with E-state index >= 15 is 0 Å². The number of aryl methyl sites for hydroxylation is 1. The molecule has 0 bridgehead atoms. The van der Waals surface area contributed by atoms with Gasteiger partial charge < -0.3 is 10.0 Å². The second-order valence-electron chi connectivity index (χ2n) is 3.24. The van der Waals surface area contributed by atoms with Crippen molar-refractivity contribution in [2.24, 2.45) is 0 Å². The number of benzene rings is 1. The summed E-state index contributed by atoms with van der Waals surface area (Å²) >= 11 is 0. The number of hydrogen-bond donors (Lipinski definition) is 1. The third-order valence-corrected chi connectivity index (χ3v) is 2.09. The average molecular weight is 199 g/mol. The Balaban J connectivity index is 3.02. The molecule has 0 fully saturated rings. The largest absolute Gasteiger partial charge is 0.508 e. The van der Waals surface area contributed by atoms with Gasteiger partial charge in [0, 0.05) is 5.69 Å². The number of phenols is 1. The first-order valence-electron chi connectivity index (χ1n) is 4.60. The maximum absolute atomic E-state index is 9.28. The van der Waals surface area contributed by atoms with Crippen LogP contribution < -0.4 is 4.90 Å². The predicted molar refractivity (Wildman–Crippen MR) is 62.7 cm³/mol. The van der Waals surface area contributed by atoms with Gasteiger partial charge in [0.2, 0.25) is 0 Å². The Kier molecular flexibility index (Phi) is 3.66. The Morgan fingerprint density at radius 1 is 1.27 bits per heavy atom. The maximum Gasteiger partial charge on any atom is 0.115 e. The summed E-state index contributed by atoms with van der Waals surface area (Å²) in [6, 6.07) is 5.14. The van der Waals surface area contributed by atoms with Crippen molar-refractivity contribution >= 4 is 5.69 Å². The molecular formula is C13H13NO. The van der Waals surface area contributed by atoms with Crippen LogP contribution in [0.4, 0.5) is 5.69 Å². The third-order valence-electron chi connectivity index (χ3n) is 2.09. The minimum absolute atomic E-state index is 0.248. The van der Waals surface area contributed by atoms with Crippen molar-refractivity contribution in [3.63, 3.8) is 0 Å². The Bertz CT molecular complexity index is 407. The molecule has 0 aliphatic heterocycles. The highest BCUT2D eigenvalue weighted by Crippen LogP contribution is 2.23. The molecule has 1 aromatic carbocycles. The van der Waals surface area contributed by atoms with E-state index in [1.165, 1.54) is 0 Å². The topological polar surface area (TPSA) is 23.5 Å². The molecule has 0 atom stereocenters. The number of phenolic OH excluding ortho intramolecular Hbond substituents is 1. The summed E-state index contributed by atoms with van der Waals surface area (Å²) in [5.41, 5.74) is 1.92. The van der Waals surface area contributed by atoms with Crippen molar-refractivity contribution in [2.45, 2.75) is 6.92 Å². The minimum Gasteiger partial charge on any atom is -0.508 e. The highest BCUT2D eigenvalue weighted by Gasteiger charge is 2.06. The summed E-state index contributed by atoms with van der Waals surface area (Å²) in [5.74, 6) is 5.37. The second-order valence-corrected chi connectivity index (χ2v) is 3.24. The molecule has 1 aromatic rings. The van der Waals surface area contributed by atoms with Crippen LogP contribution in [-0.2, 0) is 0 Å². The lowest BCUT2D eigenvalue weighted by atomic mass is 10.1. The van der Waals surface area contributed by atoms with Crippen LogP contribution in [0.15, 0.2) is 18.2 Å². The van der Waals surface area contributed by atoms with Gasteiger partial charge in [-0.1, -0.05) is 11.8 Å². The van der Waals surface area contributed by atoms with E-state index < -0.39 is 0 Å². The monoisotopic (exact) mass is 199 g/mol. The van der Waals surface area contributed by atoms with Crippen molar-refractivity contribution in [1.29, 1.82) is 0 Å². The van der Waals surface area contributed by atoms with Crippen LogP contribution in [-0.4, -0.2) is 18.2 Å². The van der Waals surface area contributed by atoms with Gasteiger partial charge in [-0.3, -0.25) is 0 Å². The first kappa shape index (κ1) is 11.0. The van der Waals surface area contributed by atoms with Crippen LogP contribution >= 0.6 is 0 Å². The van der Waals surface area contributed by atoms with E-state index in [2.05, 4.69) is 11.8 Å². The van der Waals surface area contributed by atoms with Gasteiger partial charge in [-0.15, -0.1) is 12.8 Å². The fourth-order valence-corrected chi connectivity index (χ4v) is 1.44. The third kappa shape index (κ3) is 2.69. The number of anilines is 1. The minimum atomic E-state index is 0.248. The average Bonchev–Trinajstić information content (AvgIpc) is 2.17. The Hall–Kier alpha value is -2.06. The predicted octanol–water partition coefficient (Wildman–Crippen LogP) is 1.77. The molecule has 2 nitrogen and oxygen atoms in total. The highest BCUT2D eigenvalue weighted by molar-refractivity contribution is 5.56. The molecule has 0 radical (unpaired) electrons. The molecule has 0 saturated heterocycles. The molecule has 0 spiro atoms. The normalized spacial score (nSPS) is 9.00. The first-order valence-corrected chi connectivity index (χ1v) is 4.60. The molecule has 15 heavy (non-hydrogen) atoms. The summed E-state index contributed by atoms with van der Waals surface area (Å²) in [7, 11) is 0. The van der Waals surface area contributed by atoms with E-state index in [1.807, 2.05) is 17.9 Å². The number of nitrogens with zero attached hydrogens (tertiary/aromatic N) is 1. The number of aromatic hydroxyl groups is 1. The van der Waals surface area contributed by atoms with Crippen LogP contribution in [0.25, 0.3) is 0 Å². The standard InChI is InChI=1S/C13H13NO/c1-4-8-14(9-5-2)13-7-6-12(15)10-11(13)3/h1-2,6-7,10,15H,8-9H2,3H3. The van der Waals surface area contributed by atoms with Gasteiger partial charge in [-0.05, 0) is 30.7 Å². The fourth-order valence-electron chi connectivity index (χ4n) is 1.44. The quantitative estimate of drug-likeness (QED) is 0.750. The van der Waals surface area contributed by atoms with E-state index in [4.69, 9.17) is 12.8 Å². The van der Waals surface area contributed by atoms with Crippen molar-refractivity contribution in [3.8, 4) is 30.4 Å². The molecule has 0 unspecified atom stereocenters. The zero-order valence-corrected chi connectivity index (χ0v) is 8.70. The molecule has 2 heteroatoms. The van der Waals surface area contributed by atoms with Crippen molar-refractivity contribution in [3.05, 3.63) is 23.8 Å². The second kappa shape index (κ2) is 4.98. The fraction of sp³-hybridized carbons (Fsp3) is 0.231. The molecule has 0 aliphatic carbocycles. The zero-order valence-electron chi connectivity index (χ0n) is 8.70. The van der Waals surface area contributed by atoms with Crippen molar-refractivity contribution < 1.29 is 5.11 Å². The molecular weight excluding hydrogens is 186 g/mol.